The Bertz CT molecular complexity index is 809. The number of rotatable bonds is 4. The summed E-state index contributed by atoms with van der Waals surface area (Å²) < 4.78 is 1.28. The lowest BCUT2D eigenvalue weighted by Gasteiger charge is -2.20. The van der Waals surface area contributed by atoms with Crippen molar-refractivity contribution < 1.29 is 4.79 Å². The molecule has 24 heavy (non-hydrogen) atoms. The second-order valence-electron chi connectivity index (χ2n) is 5.63. The van der Waals surface area contributed by atoms with Gasteiger partial charge in [-0.1, -0.05) is 23.2 Å². The topological polar surface area (TPSA) is 67.2 Å². The lowest BCUT2D eigenvalue weighted by Crippen LogP contribution is -2.40. The number of hydrogen-bond donors (Lipinski definition) is 1. The standard InChI is InChI=1S/C16H16Cl2N4O2/c17-11-2-3-14(13(18)8-11)21-7-4-12(9-21)20-15(23)10-22-6-1-5-19-16(22)24/h1-3,5-6,8,12H,4,7,9-10H2,(H,20,23)/t12-/m0/s1. The number of hydrogen-bond acceptors (Lipinski definition) is 4. The van der Waals surface area contributed by atoms with Crippen LogP contribution in [0.1, 0.15) is 6.42 Å². The van der Waals surface area contributed by atoms with Gasteiger partial charge in [0.05, 0.1) is 10.7 Å². The van der Waals surface area contributed by atoms with E-state index >= 15 is 0 Å². The molecule has 0 bridgehead atoms. The maximum absolute atomic E-state index is 12.1. The lowest BCUT2D eigenvalue weighted by molar-refractivity contribution is -0.122. The van der Waals surface area contributed by atoms with E-state index in [1.54, 1.807) is 24.4 Å². The van der Waals surface area contributed by atoms with Gasteiger partial charge in [0.1, 0.15) is 6.54 Å². The predicted molar refractivity (Wildman–Crippen MR) is 93.7 cm³/mol. The van der Waals surface area contributed by atoms with Crippen molar-refractivity contribution in [2.24, 2.45) is 0 Å². The van der Waals surface area contributed by atoms with Crippen LogP contribution >= 0.6 is 23.2 Å². The van der Waals surface area contributed by atoms with Gasteiger partial charge in [-0.3, -0.25) is 9.36 Å². The van der Waals surface area contributed by atoms with Crippen molar-refractivity contribution in [1.29, 1.82) is 0 Å². The van der Waals surface area contributed by atoms with E-state index in [4.69, 9.17) is 23.2 Å². The van der Waals surface area contributed by atoms with Crippen LogP contribution in [0.25, 0.3) is 0 Å². The van der Waals surface area contributed by atoms with Crippen LogP contribution in [-0.4, -0.2) is 34.6 Å². The number of anilines is 1. The Hall–Kier alpha value is -2.05. The van der Waals surface area contributed by atoms with Crippen molar-refractivity contribution in [3.8, 4) is 0 Å². The Labute approximate surface area is 149 Å². The van der Waals surface area contributed by atoms with Crippen molar-refractivity contribution in [2.45, 2.75) is 19.0 Å². The van der Waals surface area contributed by atoms with Crippen LogP contribution < -0.4 is 15.9 Å². The molecule has 6 nitrogen and oxygen atoms in total. The van der Waals surface area contributed by atoms with Crippen LogP contribution in [0.4, 0.5) is 5.69 Å². The van der Waals surface area contributed by atoms with Crippen molar-refractivity contribution in [1.82, 2.24) is 14.9 Å². The molecule has 0 saturated carbocycles. The van der Waals surface area contributed by atoms with E-state index in [1.165, 1.54) is 10.8 Å². The lowest BCUT2D eigenvalue weighted by atomic mass is 10.2. The summed E-state index contributed by atoms with van der Waals surface area (Å²) in [6, 6.07) is 7.01. The third-order valence-corrected chi connectivity index (χ3v) is 4.44. The molecule has 0 aliphatic carbocycles. The molecule has 3 rings (SSSR count). The molecule has 1 fully saturated rings. The molecular formula is C16H16Cl2N4O2. The molecule has 1 amide bonds. The highest BCUT2D eigenvalue weighted by atomic mass is 35.5. The molecule has 2 aromatic rings. The van der Waals surface area contributed by atoms with Gasteiger partial charge >= 0.3 is 5.69 Å². The summed E-state index contributed by atoms with van der Waals surface area (Å²) >= 11 is 12.1. The highest BCUT2D eigenvalue weighted by Crippen LogP contribution is 2.31. The Morgan fingerprint density at radius 2 is 2.21 bits per heavy atom. The van der Waals surface area contributed by atoms with Gasteiger partial charge in [0.15, 0.2) is 0 Å². The second kappa shape index (κ2) is 7.23. The Morgan fingerprint density at radius 3 is 2.96 bits per heavy atom. The molecule has 1 aliphatic heterocycles. The zero-order valence-corrected chi connectivity index (χ0v) is 14.3. The van der Waals surface area contributed by atoms with Crippen LogP contribution in [0.5, 0.6) is 0 Å². The van der Waals surface area contributed by atoms with Gasteiger partial charge in [-0.15, -0.1) is 0 Å². The Kier molecular flexibility index (Phi) is 5.06. The van der Waals surface area contributed by atoms with E-state index < -0.39 is 5.69 Å². The van der Waals surface area contributed by atoms with Gasteiger partial charge in [-0.05, 0) is 30.7 Å². The van der Waals surface area contributed by atoms with E-state index in [0.717, 1.165) is 18.7 Å². The summed E-state index contributed by atoms with van der Waals surface area (Å²) in [7, 11) is 0. The highest BCUT2D eigenvalue weighted by Gasteiger charge is 2.25. The van der Waals surface area contributed by atoms with E-state index in [0.29, 0.717) is 16.6 Å². The molecule has 0 unspecified atom stereocenters. The number of benzene rings is 1. The molecule has 0 radical (unpaired) electrons. The summed E-state index contributed by atoms with van der Waals surface area (Å²) in [5.74, 6) is -0.209. The summed E-state index contributed by atoms with van der Waals surface area (Å²) in [5.41, 5.74) is 0.468. The summed E-state index contributed by atoms with van der Waals surface area (Å²) in [6.07, 6.45) is 3.76. The molecule has 1 aromatic heterocycles. The minimum absolute atomic E-state index is 0.0108. The number of aromatic nitrogens is 2. The molecule has 8 heteroatoms. The summed E-state index contributed by atoms with van der Waals surface area (Å²) in [4.78, 5) is 29.4. The fourth-order valence-corrected chi connectivity index (χ4v) is 3.30. The van der Waals surface area contributed by atoms with Crippen LogP contribution in [0.2, 0.25) is 10.0 Å². The fourth-order valence-electron chi connectivity index (χ4n) is 2.77. The van der Waals surface area contributed by atoms with Gasteiger partial charge in [-0.2, -0.15) is 0 Å². The van der Waals surface area contributed by atoms with Crippen LogP contribution in [-0.2, 0) is 11.3 Å². The Morgan fingerprint density at radius 1 is 1.38 bits per heavy atom. The van der Waals surface area contributed by atoms with Crippen molar-refractivity contribution in [2.75, 3.05) is 18.0 Å². The number of carbonyl (C=O) groups is 1. The predicted octanol–water partition coefficient (Wildman–Crippen LogP) is 1.95. The second-order valence-corrected chi connectivity index (χ2v) is 6.47. The van der Waals surface area contributed by atoms with Gasteiger partial charge in [0.2, 0.25) is 5.91 Å². The van der Waals surface area contributed by atoms with Crippen molar-refractivity contribution in [3.63, 3.8) is 0 Å². The molecule has 1 N–H and O–H groups in total. The van der Waals surface area contributed by atoms with Crippen molar-refractivity contribution in [3.05, 3.63) is 57.2 Å². The number of carbonyl (C=O) groups excluding carboxylic acids is 1. The van der Waals surface area contributed by atoms with Crippen LogP contribution in [0, 0.1) is 0 Å². The van der Waals surface area contributed by atoms with Crippen LogP contribution in [0.15, 0.2) is 41.5 Å². The number of nitrogens with zero attached hydrogens (tertiary/aromatic N) is 3. The monoisotopic (exact) mass is 366 g/mol. The summed E-state index contributed by atoms with van der Waals surface area (Å²) in [5, 5.41) is 4.13. The highest BCUT2D eigenvalue weighted by molar-refractivity contribution is 6.36. The van der Waals surface area contributed by atoms with Gasteiger partial charge < -0.3 is 10.2 Å². The van der Waals surface area contributed by atoms with Gasteiger partial charge in [0.25, 0.3) is 0 Å². The molecule has 1 aliphatic rings. The first kappa shape index (κ1) is 16.8. The van der Waals surface area contributed by atoms with Crippen molar-refractivity contribution >= 4 is 34.8 Å². The molecular weight excluding hydrogens is 351 g/mol. The van der Waals surface area contributed by atoms with E-state index in [1.807, 2.05) is 6.07 Å². The van der Waals surface area contributed by atoms with Gasteiger partial charge in [0, 0.05) is 36.5 Å². The molecule has 1 atom stereocenters. The quantitative estimate of drug-likeness (QED) is 0.897. The van der Waals surface area contributed by atoms with Crippen LogP contribution in [0.3, 0.4) is 0 Å². The zero-order valence-electron chi connectivity index (χ0n) is 12.8. The minimum atomic E-state index is -0.436. The molecule has 2 heterocycles. The smallest absolute Gasteiger partial charge is 0.347 e. The normalized spacial score (nSPS) is 17.1. The number of amides is 1. The first-order valence-electron chi connectivity index (χ1n) is 7.54. The maximum atomic E-state index is 12.1. The summed E-state index contributed by atoms with van der Waals surface area (Å²) in [6.45, 7) is 1.42. The zero-order chi connectivity index (χ0) is 17.1. The number of nitrogens with one attached hydrogen (secondary N) is 1. The molecule has 1 aromatic carbocycles. The molecule has 1 saturated heterocycles. The average molecular weight is 367 g/mol. The SMILES string of the molecule is O=C(Cn1cccnc1=O)N[C@H]1CCN(c2ccc(Cl)cc2Cl)C1. The van der Waals surface area contributed by atoms with E-state index in [-0.39, 0.29) is 18.5 Å². The Balaban J connectivity index is 1.59. The fraction of sp³-hybridized carbons (Fsp3) is 0.312. The molecule has 0 spiro atoms. The third-order valence-electron chi connectivity index (χ3n) is 3.90. The van der Waals surface area contributed by atoms with E-state index in [9.17, 15) is 9.59 Å². The average Bonchev–Trinajstić information content (AvgIpc) is 2.97. The first-order chi connectivity index (χ1) is 11.5. The molecule has 126 valence electrons. The third kappa shape index (κ3) is 3.88. The minimum Gasteiger partial charge on any atom is -0.368 e. The maximum Gasteiger partial charge on any atom is 0.347 e. The number of halogens is 2. The van der Waals surface area contributed by atoms with Gasteiger partial charge in [-0.25, -0.2) is 9.78 Å². The largest absolute Gasteiger partial charge is 0.368 e. The first-order valence-corrected chi connectivity index (χ1v) is 8.29. The van der Waals surface area contributed by atoms with E-state index in [2.05, 4.69) is 15.2 Å².